The summed E-state index contributed by atoms with van der Waals surface area (Å²) in [7, 11) is 2.96. The molecule has 0 spiro atoms. The third-order valence-corrected chi connectivity index (χ3v) is 5.92. The Bertz CT molecular complexity index is 953. The normalized spacial score (nSPS) is 22.8. The van der Waals surface area contributed by atoms with Crippen LogP contribution in [0.5, 0.6) is 5.88 Å². The Morgan fingerprint density at radius 3 is 2.73 bits per heavy atom. The molecule has 2 aliphatic rings. The highest BCUT2D eigenvalue weighted by molar-refractivity contribution is 5.96. The highest BCUT2D eigenvalue weighted by Gasteiger charge is 2.50. The first-order valence-electron chi connectivity index (χ1n) is 9.85. The molecule has 158 valence electrons. The lowest BCUT2D eigenvalue weighted by Gasteiger charge is -2.30. The summed E-state index contributed by atoms with van der Waals surface area (Å²) in [6.45, 7) is 1.46. The second kappa shape index (κ2) is 8.39. The van der Waals surface area contributed by atoms with Crippen molar-refractivity contribution in [3.05, 3.63) is 59.5 Å². The minimum absolute atomic E-state index is 0.0132. The highest BCUT2D eigenvalue weighted by atomic mass is 19.1. The number of amides is 2. The number of hydrogen-bond acceptors (Lipinski definition) is 5. The fraction of sp³-hybridized carbons (Fsp3) is 0.409. The van der Waals surface area contributed by atoms with Gasteiger partial charge in [0.1, 0.15) is 18.0 Å². The minimum Gasteiger partial charge on any atom is -0.480 e. The molecule has 2 amide bonds. The van der Waals surface area contributed by atoms with Crippen LogP contribution in [0.1, 0.15) is 22.0 Å². The van der Waals surface area contributed by atoms with Crippen LogP contribution in [0.25, 0.3) is 0 Å². The van der Waals surface area contributed by atoms with E-state index in [-0.39, 0.29) is 48.0 Å². The van der Waals surface area contributed by atoms with E-state index in [1.807, 2.05) is 6.07 Å². The molecule has 0 aliphatic carbocycles. The lowest BCUT2D eigenvalue weighted by molar-refractivity contribution is -0.136. The van der Waals surface area contributed by atoms with E-state index in [0.29, 0.717) is 25.2 Å². The van der Waals surface area contributed by atoms with Gasteiger partial charge in [0.15, 0.2) is 0 Å². The van der Waals surface area contributed by atoms with Crippen LogP contribution in [-0.2, 0) is 9.53 Å². The number of fused-ring (bicyclic) bond motifs is 1. The van der Waals surface area contributed by atoms with Crippen LogP contribution in [0.15, 0.2) is 42.6 Å². The van der Waals surface area contributed by atoms with Crippen molar-refractivity contribution in [3.63, 3.8) is 0 Å². The molecule has 7 nitrogen and oxygen atoms in total. The second-order valence-electron chi connectivity index (χ2n) is 7.67. The third kappa shape index (κ3) is 3.63. The molecular weight excluding hydrogens is 389 g/mol. The van der Waals surface area contributed by atoms with E-state index in [0.717, 1.165) is 5.56 Å². The topological polar surface area (TPSA) is 72.0 Å². The summed E-state index contributed by atoms with van der Waals surface area (Å²) in [5.74, 6) is -0.223. The monoisotopic (exact) mass is 413 g/mol. The number of methoxy groups -OCH3 is 2. The largest absolute Gasteiger partial charge is 0.480 e. The molecule has 0 bridgehead atoms. The number of pyridine rings is 1. The molecule has 2 aromatic rings. The lowest BCUT2D eigenvalue weighted by atomic mass is 9.89. The first-order valence-corrected chi connectivity index (χ1v) is 9.85. The zero-order chi connectivity index (χ0) is 21.3. The summed E-state index contributed by atoms with van der Waals surface area (Å²) in [5.41, 5.74) is 1.15. The van der Waals surface area contributed by atoms with Gasteiger partial charge in [-0.25, -0.2) is 9.37 Å². The van der Waals surface area contributed by atoms with Crippen molar-refractivity contribution in [2.45, 2.75) is 6.04 Å². The van der Waals surface area contributed by atoms with Crippen LogP contribution in [0.4, 0.5) is 4.39 Å². The maximum Gasteiger partial charge on any atom is 0.259 e. The lowest BCUT2D eigenvalue weighted by Crippen LogP contribution is -2.39. The Labute approximate surface area is 174 Å². The summed E-state index contributed by atoms with van der Waals surface area (Å²) >= 11 is 0. The van der Waals surface area contributed by atoms with E-state index < -0.39 is 0 Å². The molecule has 0 radical (unpaired) electrons. The van der Waals surface area contributed by atoms with Crippen LogP contribution < -0.4 is 4.74 Å². The summed E-state index contributed by atoms with van der Waals surface area (Å²) < 4.78 is 24.2. The summed E-state index contributed by atoms with van der Waals surface area (Å²) in [6.07, 6.45) is 1.58. The summed E-state index contributed by atoms with van der Waals surface area (Å²) in [4.78, 5) is 33.4. The Morgan fingerprint density at radius 1 is 1.17 bits per heavy atom. The van der Waals surface area contributed by atoms with Gasteiger partial charge in [0, 0.05) is 44.8 Å². The summed E-state index contributed by atoms with van der Waals surface area (Å²) in [5, 5.41) is 0. The van der Waals surface area contributed by atoms with E-state index >= 15 is 0 Å². The molecule has 2 saturated heterocycles. The maximum atomic E-state index is 13.9. The van der Waals surface area contributed by atoms with Crippen molar-refractivity contribution in [3.8, 4) is 5.88 Å². The van der Waals surface area contributed by atoms with Crippen LogP contribution in [0.3, 0.4) is 0 Å². The number of ether oxygens (including phenoxy) is 2. The van der Waals surface area contributed by atoms with Crippen molar-refractivity contribution in [1.29, 1.82) is 0 Å². The number of carbonyl (C=O) groups is 2. The standard InChI is InChI=1S/C22H24FN3O4/c1-29-13-19(27)26-11-15-10-25(22(28)17-7-4-8-24-21(17)30-2)12-18(15)20(26)14-5-3-6-16(23)9-14/h3-9,15,18,20H,10-13H2,1-2H3/t15-,18-,20+/m1/s1. The maximum absolute atomic E-state index is 13.9. The quantitative estimate of drug-likeness (QED) is 0.751. The molecular formula is C22H24FN3O4. The van der Waals surface area contributed by atoms with Crippen LogP contribution in [0, 0.1) is 17.7 Å². The van der Waals surface area contributed by atoms with Gasteiger partial charge in [-0.05, 0) is 29.8 Å². The van der Waals surface area contributed by atoms with Gasteiger partial charge in [0.25, 0.3) is 5.91 Å². The molecule has 0 saturated carbocycles. The van der Waals surface area contributed by atoms with Gasteiger partial charge >= 0.3 is 0 Å². The van der Waals surface area contributed by atoms with Crippen LogP contribution >= 0.6 is 0 Å². The minimum atomic E-state index is -0.346. The number of rotatable bonds is 5. The number of likely N-dealkylation sites (tertiary alicyclic amines) is 2. The molecule has 3 atom stereocenters. The number of halogens is 1. The molecule has 2 aliphatic heterocycles. The zero-order valence-corrected chi connectivity index (χ0v) is 17.0. The first kappa shape index (κ1) is 20.3. The van der Waals surface area contributed by atoms with E-state index in [4.69, 9.17) is 9.47 Å². The zero-order valence-electron chi connectivity index (χ0n) is 17.0. The average molecular weight is 413 g/mol. The number of carbonyl (C=O) groups excluding carboxylic acids is 2. The van der Waals surface area contributed by atoms with E-state index in [1.165, 1.54) is 26.4 Å². The van der Waals surface area contributed by atoms with Gasteiger partial charge in [0.05, 0.1) is 13.2 Å². The van der Waals surface area contributed by atoms with Gasteiger partial charge in [0.2, 0.25) is 11.8 Å². The van der Waals surface area contributed by atoms with Gasteiger partial charge in [-0.2, -0.15) is 0 Å². The fourth-order valence-electron chi connectivity index (χ4n) is 4.68. The average Bonchev–Trinajstić information content (AvgIpc) is 3.31. The van der Waals surface area contributed by atoms with Crippen LogP contribution in [0.2, 0.25) is 0 Å². The van der Waals surface area contributed by atoms with Crippen molar-refractivity contribution in [2.24, 2.45) is 11.8 Å². The first-order chi connectivity index (χ1) is 14.5. The molecule has 30 heavy (non-hydrogen) atoms. The van der Waals surface area contributed by atoms with Crippen molar-refractivity contribution in [2.75, 3.05) is 40.5 Å². The molecule has 8 heteroatoms. The number of benzene rings is 1. The molecule has 1 aromatic carbocycles. The van der Waals surface area contributed by atoms with Crippen molar-refractivity contribution >= 4 is 11.8 Å². The molecule has 4 rings (SSSR count). The Hall–Kier alpha value is -3.00. The van der Waals surface area contributed by atoms with E-state index in [1.54, 1.807) is 34.2 Å². The molecule has 2 fully saturated rings. The van der Waals surface area contributed by atoms with Gasteiger partial charge in [-0.3, -0.25) is 9.59 Å². The Morgan fingerprint density at radius 2 is 2.00 bits per heavy atom. The number of hydrogen-bond donors (Lipinski definition) is 0. The third-order valence-electron chi connectivity index (χ3n) is 5.92. The highest BCUT2D eigenvalue weighted by Crippen LogP contribution is 2.45. The van der Waals surface area contributed by atoms with E-state index in [2.05, 4.69) is 4.98 Å². The fourth-order valence-corrected chi connectivity index (χ4v) is 4.68. The molecule has 1 aromatic heterocycles. The predicted octanol–water partition coefficient (Wildman–Crippen LogP) is 2.15. The van der Waals surface area contributed by atoms with Gasteiger partial charge in [-0.1, -0.05) is 12.1 Å². The van der Waals surface area contributed by atoms with Crippen molar-refractivity contribution in [1.82, 2.24) is 14.8 Å². The van der Waals surface area contributed by atoms with Gasteiger partial charge < -0.3 is 19.3 Å². The SMILES string of the molecule is COCC(=O)N1C[C@H]2CN(C(=O)c3cccnc3OC)C[C@H]2[C@@H]1c1cccc(F)c1. The Balaban J connectivity index is 1.61. The predicted molar refractivity (Wildman–Crippen MR) is 106 cm³/mol. The second-order valence-corrected chi connectivity index (χ2v) is 7.67. The van der Waals surface area contributed by atoms with Gasteiger partial charge in [-0.15, -0.1) is 0 Å². The molecule has 3 heterocycles. The Kier molecular flexibility index (Phi) is 5.67. The molecule has 0 unspecified atom stereocenters. The number of nitrogens with zero attached hydrogens (tertiary/aromatic N) is 3. The van der Waals surface area contributed by atoms with Crippen molar-refractivity contribution < 1.29 is 23.5 Å². The van der Waals surface area contributed by atoms with E-state index in [9.17, 15) is 14.0 Å². The number of aromatic nitrogens is 1. The smallest absolute Gasteiger partial charge is 0.259 e. The van der Waals surface area contributed by atoms with Crippen LogP contribution in [-0.4, -0.2) is 67.1 Å². The summed E-state index contributed by atoms with van der Waals surface area (Å²) in [6, 6.07) is 9.42. The molecule has 0 N–H and O–H groups in total.